The molecule has 140 valence electrons. The molecule has 0 fully saturated rings. The first-order chi connectivity index (χ1) is 12.5. The van der Waals surface area contributed by atoms with Gasteiger partial charge in [0.05, 0.1) is 34.5 Å². The summed E-state index contributed by atoms with van der Waals surface area (Å²) in [7, 11) is 5.63. The molecule has 2 atom stereocenters. The molecule has 5 nitrogen and oxygen atoms in total. The number of aliphatic hydroxyl groups is 1. The molecule has 0 aliphatic heterocycles. The molecule has 26 heavy (non-hydrogen) atoms. The van der Waals surface area contributed by atoms with Crippen LogP contribution in [0.5, 0.6) is 23.0 Å². The van der Waals surface area contributed by atoms with E-state index in [0.29, 0.717) is 33.9 Å². The first-order valence-corrected chi connectivity index (χ1v) is 8.00. The maximum absolute atomic E-state index is 14.2. The summed E-state index contributed by atoms with van der Waals surface area (Å²) in [6, 6.07) is 4.09. The second kappa shape index (κ2) is 6.99. The van der Waals surface area contributed by atoms with E-state index in [4.69, 9.17) is 18.9 Å². The summed E-state index contributed by atoms with van der Waals surface area (Å²) in [5.74, 6) is -1.36. The maximum atomic E-state index is 14.2. The highest BCUT2D eigenvalue weighted by Crippen LogP contribution is 2.54. The van der Waals surface area contributed by atoms with Gasteiger partial charge in [0.1, 0.15) is 0 Å². The zero-order chi connectivity index (χ0) is 19.0. The molecule has 1 N–H and O–H groups in total. The van der Waals surface area contributed by atoms with Crippen molar-refractivity contribution in [3.63, 3.8) is 0 Å². The van der Waals surface area contributed by atoms with E-state index in [-0.39, 0.29) is 6.42 Å². The fourth-order valence-corrected chi connectivity index (χ4v) is 3.58. The lowest BCUT2D eigenvalue weighted by atomic mass is 9.91. The van der Waals surface area contributed by atoms with Gasteiger partial charge in [-0.15, -0.1) is 0 Å². The molecule has 2 aromatic rings. The number of ether oxygens (including phenoxy) is 4. The minimum absolute atomic E-state index is 0.257. The molecule has 2 unspecified atom stereocenters. The van der Waals surface area contributed by atoms with E-state index in [1.807, 2.05) is 0 Å². The van der Waals surface area contributed by atoms with Gasteiger partial charge < -0.3 is 24.1 Å². The molecule has 7 heteroatoms. The lowest BCUT2D eigenvalue weighted by molar-refractivity contribution is 0.175. The molecule has 0 aromatic heterocycles. The normalized spacial score (nSPS) is 18.4. The smallest absolute Gasteiger partial charge is 0.203 e. The molecule has 0 radical (unpaired) electrons. The Morgan fingerprint density at radius 2 is 1.42 bits per heavy atom. The molecule has 1 aliphatic carbocycles. The number of aliphatic hydroxyl groups excluding tert-OH is 1. The molecular formula is C19H20F2O5. The summed E-state index contributed by atoms with van der Waals surface area (Å²) in [6.07, 6.45) is -0.565. The van der Waals surface area contributed by atoms with Crippen LogP contribution in [0, 0.1) is 11.6 Å². The van der Waals surface area contributed by atoms with Crippen LogP contribution in [0.15, 0.2) is 18.2 Å². The van der Waals surface area contributed by atoms with E-state index < -0.39 is 29.4 Å². The second-order valence-electron chi connectivity index (χ2n) is 5.97. The van der Waals surface area contributed by atoms with E-state index in [1.165, 1.54) is 40.6 Å². The first-order valence-electron chi connectivity index (χ1n) is 8.00. The number of rotatable bonds is 5. The summed E-state index contributed by atoms with van der Waals surface area (Å²) in [5.41, 5.74) is 1.59. The fourth-order valence-electron chi connectivity index (χ4n) is 3.58. The molecule has 0 amide bonds. The largest absolute Gasteiger partial charge is 0.493 e. The zero-order valence-electron chi connectivity index (χ0n) is 14.9. The third kappa shape index (κ3) is 2.72. The van der Waals surface area contributed by atoms with Crippen LogP contribution in [0.3, 0.4) is 0 Å². The highest BCUT2D eigenvalue weighted by molar-refractivity contribution is 5.64. The number of hydrogen-bond donors (Lipinski definition) is 1. The van der Waals surface area contributed by atoms with Gasteiger partial charge in [0.25, 0.3) is 0 Å². The van der Waals surface area contributed by atoms with E-state index >= 15 is 0 Å². The lowest BCUT2D eigenvalue weighted by Gasteiger charge is -2.20. The fraction of sp³-hybridized carbons (Fsp3) is 0.368. The first kappa shape index (κ1) is 18.3. The highest BCUT2D eigenvalue weighted by atomic mass is 19.1. The average Bonchev–Trinajstić information content (AvgIpc) is 2.96. The molecule has 0 bridgehead atoms. The van der Waals surface area contributed by atoms with Gasteiger partial charge in [0.15, 0.2) is 28.9 Å². The van der Waals surface area contributed by atoms with Crippen molar-refractivity contribution in [1.29, 1.82) is 0 Å². The summed E-state index contributed by atoms with van der Waals surface area (Å²) < 4.78 is 49.3. The van der Waals surface area contributed by atoms with E-state index in [2.05, 4.69) is 0 Å². The van der Waals surface area contributed by atoms with Crippen LogP contribution < -0.4 is 18.9 Å². The van der Waals surface area contributed by atoms with E-state index in [9.17, 15) is 13.9 Å². The standard InChI is InChI=1S/C19H20F2O5/c1-23-15-8-11-14(22)7-10(16(11)19(26-4)18(15)25-3)9-5-12(20)17(24-2)13(21)6-9/h5-6,8,10,14,22H,7H2,1-4H3. The van der Waals surface area contributed by atoms with Crippen LogP contribution >= 0.6 is 0 Å². The predicted molar refractivity (Wildman–Crippen MR) is 90.4 cm³/mol. The van der Waals surface area contributed by atoms with Gasteiger partial charge in [-0.1, -0.05) is 0 Å². The predicted octanol–water partition coefficient (Wildman–Crippen LogP) is 3.57. The Labute approximate surface area is 150 Å². The van der Waals surface area contributed by atoms with Crippen molar-refractivity contribution in [3.05, 3.63) is 46.5 Å². The number of methoxy groups -OCH3 is 4. The van der Waals surface area contributed by atoms with Crippen LogP contribution in [0.1, 0.15) is 35.1 Å². The molecule has 3 rings (SSSR count). The molecule has 2 aromatic carbocycles. The van der Waals surface area contributed by atoms with Gasteiger partial charge in [-0.2, -0.15) is 0 Å². The average molecular weight is 366 g/mol. The van der Waals surface area contributed by atoms with Crippen molar-refractivity contribution in [2.24, 2.45) is 0 Å². The minimum Gasteiger partial charge on any atom is -0.493 e. The van der Waals surface area contributed by atoms with Crippen LogP contribution in [-0.4, -0.2) is 33.5 Å². The van der Waals surface area contributed by atoms with E-state index in [1.54, 1.807) is 6.07 Å². The van der Waals surface area contributed by atoms with Crippen molar-refractivity contribution in [2.45, 2.75) is 18.4 Å². The Bertz CT molecular complexity index is 814. The maximum Gasteiger partial charge on any atom is 0.203 e. The van der Waals surface area contributed by atoms with Crippen molar-refractivity contribution in [3.8, 4) is 23.0 Å². The summed E-state index contributed by atoms with van der Waals surface area (Å²) >= 11 is 0. The molecule has 0 spiro atoms. The second-order valence-corrected chi connectivity index (χ2v) is 5.97. The van der Waals surface area contributed by atoms with Gasteiger partial charge in [-0.25, -0.2) is 8.78 Å². The summed E-state index contributed by atoms with van der Waals surface area (Å²) in [4.78, 5) is 0. The van der Waals surface area contributed by atoms with Crippen LogP contribution in [-0.2, 0) is 0 Å². The number of halogens is 2. The number of fused-ring (bicyclic) bond motifs is 1. The quantitative estimate of drug-likeness (QED) is 0.877. The third-order valence-corrected chi connectivity index (χ3v) is 4.69. The zero-order valence-corrected chi connectivity index (χ0v) is 14.9. The van der Waals surface area contributed by atoms with Crippen molar-refractivity contribution >= 4 is 0 Å². The van der Waals surface area contributed by atoms with Crippen LogP contribution in [0.2, 0.25) is 0 Å². The Morgan fingerprint density at radius 1 is 0.846 bits per heavy atom. The van der Waals surface area contributed by atoms with Crippen molar-refractivity contribution in [2.75, 3.05) is 28.4 Å². The molecule has 0 saturated carbocycles. The molecular weight excluding hydrogens is 346 g/mol. The van der Waals surface area contributed by atoms with Crippen LogP contribution in [0.25, 0.3) is 0 Å². The third-order valence-electron chi connectivity index (χ3n) is 4.69. The SMILES string of the molecule is COc1cc2c(c(OC)c1OC)C(c1cc(F)c(OC)c(F)c1)CC2O. The number of hydrogen-bond acceptors (Lipinski definition) is 5. The summed E-state index contributed by atoms with van der Waals surface area (Å²) in [6.45, 7) is 0. The Morgan fingerprint density at radius 3 is 1.92 bits per heavy atom. The highest BCUT2D eigenvalue weighted by Gasteiger charge is 2.37. The molecule has 1 aliphatic rings. The Hall–Kier alpha value is -2.54. The monoisotopic (exact) mass is 366 g/mol. The van der Waals surface area contributed by atoms with Crippen molar-refractivity contribution in [1.82, 2.24) is 0 Å². The Balaban J connectivity index is 2.21. The molecule has 0 heterocycles. The van der Waals surface area contributed by atoms with E-state index in [0.717, 1.165) is 0 Å². The lowest BCUT2D eigenvalue weighted by Crippen LogP contribution is -2.04. The molecule has 0 saturated heterocycles. The van der Waals surface area contributed by atoms with Gasteiger partial charge in [0.2, 0.25) is 5.75 Å². The number of benzene rings is 2. The van der Waals surface area contributed by atoms with Gasteiger partial charge in [-0.3, -0.25) is 0 Å². The minimum atomic E-state index is -0.822. The van der Waals surface area contributed by atoms with Gasteiger partial charge in [-0.05, 0) is 35.7 Å². The topological polar surface area (TPSA) is 57.2 Å². The van der Waals surface area contributed by atoms with Gasteiger partial charge in [0, 0.05) is 11.5 Å². The van der Waals surface area contributed by atoms with Crippen molar-refractivity contribution < 1.29 is 32.8 Å². The summed E-state index contributed by atoms with van der Waals surface area (Å²) in [5, 5.41) is 10.5. The Kier molecular flexibility index (Phi) is 4.91. The van der Waals surface area contributed by atoms with Gasteiger partial charge >= 0.3 is 0 Å². The van der Waals surface area contributed by atoms with Crippen LogP contribution in [0.4, 0.5) is 8.78 Å².